The van der Waals surface area contributed by atoms with Crippen LogP contribution in [0, 0.1) is 27.3 Å². The smallest absolute Gasteiger partial charge is 0.272 e. The molecular formula is C13H6BrFN2O3. The van der Waals surface area contributed by atoms with Crippen molar-refractivity contribution in [3.8, 4) is 17.6 Å². The molecule has 7 heteroatoms. The molecule has 0 heterocycles. The van der Waals surface area contributed by atoms with Crippen LogP contribution in [0.1, 0.15) is 5.56 Å². The van der Waals surface area contributed by atoms with Crippen LogP contribution in [0.25, 0.3) is 0 Å². The van der Waals surface area contributed by atoms with Crippen LogP contribution in [0.15, 0.2) is 40.9 Å². The van der Waals surface area contributed by atoms with Gasteiger partial charge >= 0.3 is 0 Å². The van der Waals surface area contributed by atoms with Crippen molar-refractivity contribution in [3.05, 3.63) is 62.4 Å². The van der Waals surface area contributed by atoms with Gasteiger partial charge in [-0.1, -0.05) is 6.07 Å². The van der Waals surface area contributed by atoms with Crippen LogP contribution >= 0.6 is 15.9 Å². The van der Waals surface area contributed by atoms with Gasteiger partial charge in [-0.05, 0) is 34.1 Å². The number of hydrogen-bond donors (Lipinski definition) is 0. The lowest BCUT2D eigenvalue weighted by molar-refractivity contribution is -0.385. The topological polar surface area (TPSA) is 76.2 Å². The zero-order valence-corrected chi connectivity index (χ0v) is 11.4. The summed E-state index contributed by atoms with van der Waals surface area (Å²) >= 11 is 3.18. The molecule has 0 fully saturated rings. The summed E-state index contributed by atoms with van der Waals surface area (Å²) in [6.45, 7) is 0. The minimum Gasteiger partial charge on any atom is -0.453 e. The summed E-state index contributed by atoms with van der Waals surface area (Å²) in [5.41, 5.74) is -0.158. The molecule has 100 valence electrons. The number of rotatable bonds is 3. The summed E-state index contributed by atoms with van der Waals surface area (Å²) in [6, 6.07) is 9.75. The molecule has 0 saturated carbocycles. The van der Waals surface area contributed by atoms with Gasteiger partial charge in [0.2, 0.25) is 0 Å². The van der Waals surface area contributed by atoms with E-state index >= 15 is 0 Å². The van der Waals surface area contributed by atoms with Gasteiger partial charge in [0.1, 0.15) is 17.4 Å². The normalized spacial score (nSPS) is 9.85. The second-order valence-corrected chi connectivity index (χ2v) is 4.55. The Bertz CT molecular complexity index is 728. The lowest BCUT2D eigenvalue weighted by Gasteiger charge is -2.08. The van der Waals surface area contributed by atoms with Crippen molar-refractivity contribution in [2.75, 3.05) is 0 Å². The highest BCUT2D eigenvalue weighted by molar-refractivity contribution is 9.10. The summed E-state index contributed by atoms with van der Waals surface area (Å²) in [4.78, 5) is 9.81. The molecule has 0 radical (unpaired) electrons. The molecule has 0 bridgehead atoms. The van der Waals surface area contributed by atoms with E-state index in [1.807, 2.05) is 6.07 Å². The first kappa shape index (κ1) is 14.0. The number of nitrogens with zero attached hydrogens (tertiary/aromatic N) is 2. The Kier molecular flexibility index (Phi) is 3.96. The van der Waals surface area contributed by atoms with Crippen molar-refractivity contribution < 1.29 is 14.1 Å². The van der Waals surface area contributed by atoms with Gasteiger partial charge in [-0.3, -0.25) is 10.1 Å². The summed E-state index contributed by atoms with van der Waals surface area (Å²) in [5.74, 6) is -0.900. The van der Waals surface area contributed by atoms with E-state index < -0.39 is 10.7 Å². The van der Waals surface area contributed by atoms with Crippen LogP contribution < -0.4 is 4.74 Å². The molecule has 0 aliphatic heterocycles. The number of ether oxygens (including phenoxy) is 1. The molecule has 0 aromatic heterocycles. The van der Waals surface area contributed by atoms with Crippen molar-refractivity contribution in [2.45, 2.75) is 0 Å². The lowest BCUT2D eigenvalue weighted by atomic mass is 10.2. The van der Waals surface area contributed by atoms with E-state index in [0.29, 0.717) is 4.47 Å². The minimum absolute atomic E-state index is 0.162. The third kappa shape index (κ3) is 2.75. The number of benzene rings is 2. The summed E-state index contributed by atoms with van der Waals surface area (Å²) in [6.07, 6.45) is 0. The van der Waals surface area contributed by atoms with Gasteiger partial charge in [-0.2, -0.15) is 5.26 Å². The first-order chi connectivity index (χ1) is 9.52. The highest BCUT2D eigenvalue weighted by atomic mass is 79.9. The van der Waals surface area contributed by atoms with Crippen molar-refractivity contribution in [2.24, 2.45) is 0 Å². The van der Waals surface area contributed by atoms with Gasteiger partial charge in [-0.25, -0.2) is 4.39 Å². The Hall–Kier alpha value is -2.46. The van der Waals surface area contributed by atoms with Gasteiger partial charge in [0.15, 0.2) is 11.6 Å². The predicted molar refractivity (Wildman–Crippen MR) is 72.0 cm³/mol. The SMILES string of the molecule is N#Cc1c(Br)cccc1Oc1ccc([N+](=O)[O-])cc1F. The highest BCUT2D eigenvalue weighted by Crippen LogP contribution is 2.32. The standard InChI is InChI=1S/C13H6BrFN2O3/c14-10-2-1-3-12(9(10)7-16)20-13-5-4-8(17(18)19)6-11(13)15/h1-6H. The van der Waals surface area contributed by atoms with Crippen LogP contribution in [0.4, 0.5) is 10.1 Å². The number of non-ortho nitro benzene ring substituents is 1. The van der Waals surface area contributed by atoms with Crippen LogP contribution in [0.5, 0.6) is 11.5 Å². The fourth-order valence-electron chi connectivity index (χ4n) is 1.50. The third-order valence-corrected chi connectivity index (χ3v) is 3.09. The number of hydrogen-bond acceptors (Lipinski definition) is 4. The van der Waals surface area contributed by atoms with Crippen molar-refractivity contribution in [1.82, 2.24) is 0 Å². The third-order valence-electron chi connectivity index (χ3n) is 2.43. The van der Waals surface area contributed by atoms with Crippen LogP contribution in [0.2, 0.25) is 0 Å². The van der Waals surface area contributed by atoms with E-state index in [0.717, 1.165) is 18.2 Å². The molecule has 5 nitrogen and oxygen atoms in total. The van der Waals surface area contributed by atoms with E-state index in [4.69, 9.17) is 10.00 Å². The van der Waals surface area contributed by atoms with E-state index in [9.17, 15) is 14.5 Å². The van der Waals surface area contributed by atoms with E-state index in [-0.39, 0.29) is 22.7 Å². The molecule has 0 aliphatic carbocycles. The average molecular weight is 337 g/mol. The van der Waals surface area contributed by atoms with Crippen molar-refractivity contribution >= 4 is 21.6 Å². The molecule has 0 aliphatic rings. The molecule has 0 unspecified atom stereocenters. The zero-order valence-electron chi connectivity index (χ0n) is 9.84. The lowest BCUT2D eigenvalue weighted by Crippen LogP contribution is -1.94. The molecular weight excluding hydrogens is 331 g/mol. The molecule has 2 rings (SSSR count). The van der Waals surface area contributed by atoms with Crippen LogP contribution in [-0.2, 0) is 0 Å². The zero-order chi connectivity index (χ0) is 14.7. The predicted octanol–water partition coefficient (Wildman–Crippen LogP) is 4.16. The number of halogens is 2. The Morgan fingerprint density at radius 1 is 1.30 bits per heavy atom. The van der Waals surface area contributed by atoms with Gasteiger partial charge in [0.05, 0.1) is 11.0 Å². The molecule has 0 spiro atoms. The van der Waals surface area contributed by atoms with Crippen molar-refractivity contribution in [1.29, 1.82) is 5.26 Å². The van der Waals surface area contributed by atoms with Crippen LogP contribution in [0.3, 0.4) is 0 Å². The fraction of sp³-hybridized carbons (Fsp3) is 0. The first-order valence-corrected chi connectivity index (χ1v) is 6.12. The largest absolute Gasteiger partial charge is 0.453 e. The maximum atomic E-state index is 13.7. The Morgan fingerprint density at radius 2 is 2.05 bits per heavy atom. The fourth-order valence-corrected chi connectivity index (χ4v) is 1.94. The second-order valence-electron chi connectivity index (χ2n) is 3.70. The highest BCUT2D eigenvalue weighted by Gasteiger charge is 2.14. The summed E-state index contributed by atoms with van der Waals surface area (Å²) in [7, 11) is 0. The van der Waals surface area contributed by atoms with E-state index in [2.05, 4.69) is 15.9 Å². The monoisotopic (exact) mass is 336 g/mol. The van der Waals surface area contributed by atoms with E-state index in [1.54, 1.807) is 12.1 Å². The molecule has 0 saturated heterocycles. The summed E-state index contributed by atoms with van der Waals surface area (Å²) in [5, 5.41) is 19.5. The molecule has 0 N–H and O–H groups in total. The Morgan fingerprint density at radius 3 is 2.65 bits per heavy atom. The molecule has 2 aromatic carbocycles. The number of nitro groups is 1. The van der Waals surface area contributed by atoms with Crippen molar-refractivity contribution in [3.63, 3.8) is 0 Å². The second kappa shape index (κ2) is 5.67. The van der Waals surface area contributed by atoms with Gasteiger partial charge in [0.25, 0.3) is 5.69 Å². The molecule has 20 heavy (non-hydrogen) atoms. The van der Waals surface area contributed by atoms with Crippen LogP contribution in [-0.4, -0.2) is 4.92 Å². The number of nitriles is 1. The molecule has 2 aromatic rings. The Labute approximate surface area is 121 Å². The quantitative estimate of drug-likeness (QED) is 0.622. The molecule has 0 atom stereocenters. The minimum atomic E-state index is -0.872. The maximum Gasteiger partial charge on any atom is 0.272 e. The summed E-state index contributed by atoms with van der Waals surface area (Å²) < 4.78 is 19.5. The first-order valence-electron chi connectivity index (χ1n) is 5.33. The average Bonchev–Trinajstić information content (AvgIpc) is 2.41. The van der Waals surface area contributed by atoms with Gasteiger partial charge < -0.3 is 4.74 Å². The molecule has 0 amide bonds. The van der Waals surface area contributed by atoms with E-state index in [1.165, 1.54) is 6.07 Å². The number of nitro benzene ring substituents is 1. The Balaban J connectivity index is 2.39. The van der Waals surface area contributed by atoms with Gasteiger partial charge in [0, 0.05) is 10.5 Å². The van der Waals surface area contributed by atoms with Gasteiger partial charge in [-0.15, -0.1) is 0 Å². The maximum absolute atomic E-state index is 13.7.